The highest BCUT2D eigenvalue weighted by Gasteiger charge is 2.24. The zero-order valence-corrected chi connectivity index (χ0v) is 28.9. The van der Waals surface area contributed by atoms with E-state index >= 15 is 0 Å². The molecule has 0 atom stereocenters. The summed E-state index contributed by atoms with van der Waals surface area (Å²) in [5.41, 5.74) is 9.19. The molecular weight excluding hydrogens is 663 g/mol. The molecule has 0 aliphatic carbocycles. The van der Waals surface area contributed by atoms with Gasteiger partial charge in [-0.05, 0) is 41.1 Å². The molecule has 0 aliphatic heterocycles. The summed E-state index contributed by atoms with van der Waals surface area (Å²) in [6.45, 7) is 0. The Hall–Kier alpha value is -7.44. The van der Waals surface area contributed by atoms with Crippen molar-refractivity contribution in [2.45, 2.75) is 0 Å². The van der Waals surface area contributed by atoms with Gasteiger partial charge in [-0.25, -0.2) is 19.9 Å². The van der Waals surface area contributed by atoms with E-state index in [-0.39, 0.29) is 0 Å². The standard InChI is InChI=1S/C48H29N5O/c1-3-14-32(15-4-1)45-50-46(52-47(51-45)35-28-23-30-13-7-8-16-34(30)29-35)33-26-24-31(25-27-33)43-41-38-20-10-12-22-40(38)54-44(41)42-37-19-9-11-21-39(37)53(48(42)49-43)36-17-5-2-6-18-36/h1-29H. The zero-order valence-electron chi connectivity index (χ0n) is 28.9. The highest BCUT2D eigenvalue weighted by atomic mass is 16.3. The van der Waals surface area contributed by atoms with Gasteiger partial charge in [0.1, 0.15) is 16.8 Å². The van der Waals surface area contributed by atoms with Gasteiger partial charge in [-0.2, -0.15) is 0 Å². The molecule has 0 unspecified atom stereocenters. The Morgan fingerprint density at radius 3 is 1.76 bits per heavy atom. The lowest BCUT2D eigenvalue weighted by Crippen LogP contribution is -2.00. The smallest absolute Gasteiger partial charge is 0.164 e. The van der Waals surface area contributed by atoms with Crippen LogP contribution in [0, 0.1) is 0 Å². The molecule has 0 bridgehead atoms. The molecule has 0 amide bonds. The molecule has 252 valence electrons. The Kier molecular flexibility index (Phi) is 6.75. The molecule has 0 fully saturated rings. The van der Waals surface area contributed by atoms with Crippen LogP contribution in [0.1, 0.15) is 0 Å². The lowest BCUT2D eigenvalue weighted by Gasteiger charge is -2.11. The minimum atomic E-state index is 0.602. The second-order valence-electron chi connectivity index (χ2n) is 13.5. The molecule has 54 heavy (non-hydrogen) atoms. The molecule has 11 aromatic rings. The van der Waals surface area contributed by atoms with E-state index in [2.05, 4.69) is 132 Å². The Labute approximate surface area is 309 Å². The van der Waals surface area contributed by atoms with Crippen molar-refractivity contribution in [2.75, 3.05) is 0 Å². The molecule has 4 aromatic heterocycles. The predicted octanol–water partition coefficient (Wildman–Crippen LogP) is 12.1. The van der Waals surface area contributed by atoms with E-state index in [1.165, 1.54) is 5.39 Å². The fourth-order valence-electron chi connectivity index (χ4n) is 7.68. The first-order valence-corrected chi connectivity index (χ1v) is 18.0. The number of benzene rings is 7. The minimum absolute atomic E-state index is 0.602. The van der Waals surface area contributed by atoms with Crippen LogP contribution in [0.5, 0.6) is 0 Å². The average molecular weight is 692 g/mol. The number of rotatable bonds is 5. The summed E-state index contributed by atoms with van der Waals surface area (Å²) in [5, 5.41) is 6.43. The number of para-hydroxylation sites is 3. The van der Waals surface area contributed by atoms with E-state index in [0.717, 1.165) is 82.9 Å². The fraction of sp³-hybridized carbons (Fsp3) is 0. The van der Waals surface area contributed by atoms with Crippen LogP contribution in [0.2, 0.25) is 0 Å². The van der Waals surface area contributed by atoms with Crippen molar-refractivity contribution in [1.29, 1.82) is 0 Å². The molecule has 0 N–H and O–H groups in total. The summed E-state index contributed by atoms with van der Waals surface area (Å²) in [4.78, 5) is 20.5. The van der Waals surface area contributed by atoms with Crippen LogP contribution < -0.4 is 0 Å². The normalized spacial score (nSPS) is 11.7. The maximum absolute atomic E-state index is 6.74. The van der Waals surface area contributed by atoms with Crippen molar-refractivity contribution in [2.24, 2.45) is 0 Å². The fourth-order valence-corrected chi connectivity index (χ4v) is 7.68. The van der Waals surface area contributed by atoms with Crippen LogP contribution in [0.15, 0.2) is 180 Å². The van der Waals surface area contributed by atoms with Crippen LogP contribution in [0.3, 0.4) is 0 Å². The number of hydrogen-bond acceptors (Lipinski definition) is 5. The summed E-state index contributed by atoms with van der Waals surface area (Å²) in [5.74, 6) is 1.85. The van der Waals surface area contributed by atoms with Crippen LogP contribution >= 0.6 is 0 Å². The van der Waals surface area contributed by atoms with Gasteiger partial charge in [0.25, 0.3) is 0 Å². The Morgan fingerprint density at radius 1 is 0.407 bits per heavy atom. The third-order valence-corrected chi connectivity index (χ3v) is 10.2. The number of nitrogens with zero attached hydrogens (tertiary/aromatic N) is 5. The van der Waals surface area contributed by atoms with Gasteiger partial charge >= 0.3 is 0 Å². The zero-order chi connectivity index (χ0) is 35.6. The molecule has 0 saturated carbocycles. The van der Waals surface area contributed by atoms with Crippen molar-refractivity contribution >= 4 is 54.6 Å². The van der Waals surface area contributed by atoms with Crippen molar-refractivity contribution < 1.29 is 4.42 Å². The van der Waals surface area contributed by atoms with Gasteiger partial charge in [0.2, 0.25) is 0 Å². The van der Waals surface area contributed by atoms with Crippen LogP contribution in [0.25, 0.3) is 106 Å². The number of furan rings is 1. The van der Waals surface area contributed by atoms with Gasteiger partial charge < -0.3 is 4.42 Å². The molecule has 4 heterocycles. The summed E-state index contributed by atoms with van der Waals surface area (Å²) in [6.07, 6.45) is 0. The van der Waals surface area contributed by atoms with Crippen molar-refractivity contribution in [3.8, 4) is 51.1 Å². The molecule has 7 aromatic carbocycles. The molecule has 6 nitrogen and oxygen atoms in total. The van der Waals surface area contributed by atoms with Gasteiger partial charge in [-0.3, -0.25) is 4.57 Å². The van der Waals surface area contributed by atoms with E-state index in [0.29, 0.717) is 17.5 Å². The summed E-state index contributed by atoms with van der Waals surface area (Å²) in [6, 6.07) is 60.2. The minimum Gasteiger partial charge on any atom is -0.455 e. The predicted molar refractivity (Wildman–Crippen MR) is 218 cm³/mol. The summed E-state index contributed by atoms with van der Waals surface area (Å²) in [7, 11) is 0. The van der Waals surface area contributed by atoms with Gasteiger partial charge in [-0.15, -0.1) is 0 Å². The molecule has 0 aliphatic rings. The molecule has 11 rings (SSSR count). The highest BCUT2D eigenvalue weighted by molar-refractivity contribution is 6.25. The number of hydrogen-bond donors (Lipinski definition) is 0. The SMILES string of the molecule is c1ccc(-c2nc(-c3ccc(-c4nc5c(c6ccccc6n5-c5ccccc5)c5oc6ccccc6c45)cc3)nc(-c3ccc4ccccc4c3)n2)cc1. The average Bonchev–Trinajstić information content (AvgIpc) is 3.80. The quantitative estimate of drug-likeness (QED) is 0.180. The molecular formula is C48H29N5O. The lowest BCUT2D eigenvalue weighted by atomic mass is 10.0. The van der Waals surface area contributed by atoms with Crippen molar-refractivity contribution in [3.63, 3.8) is 0 Å². The van der Waals surface area contributed by atoms with Crippen molar-refractivity contribution in [1.82, 2.24) is 24.5 Å². The molecule has 0 saturated heterocycles. The second-order valence-corrected chi connectivity index (χ2v) is 13.5. The van der Waals surface area contributed by atoms with E-state index in [4.69, 9.17) is 24.4 Å². The first-order valence-electron chi connectivity index (χ1n) is 18.0. The summed E-state index contributed by atoms with van der Waals surface area (Å²) >= 11 is 0. The number of pyridine rings is 1. The Morgan fingerprint density at radius 2 is 0.981 bits per heavy atom. The maximum Gasteiger partial charge on any atom is 0.164 e. The van der Waals surface area contributed by atoms with Crippen molar-refractivity contribution in [3.05, 3.63) is 176 Å². The Balaban J connectivity index is 1.11. The molecule has 0 radical (unpaired) electrons. The highest BCUT2D eigenvalue weighted by Crippen LogP contribution is 2.43. The maximum atomic E-state index is 6.74. The topological polar surface area (TPSA) is 69.6 Å². The van der Waals surface area contributed by atoms with Gasteiger partial charge in [0, 0.05) is 38.7 Å². The van der Waals surface area contributed by atoms with E-state index in [9.17, 15) is 0 Å². The van der Waals surface area contributed by atoms with Crippen LogP contribution in [-0.2, 0) is 0 Å². The second kappa shape index (κ2) is 12.1. The third-order valence-electron chi connectivity index (χ3n) is 10.2. The first-order chi connectivity index (χ1) is 26.8. The van der Waals surface area contributed by atoms with Crippen LogP contribution in [0.4, 0.5) is 0 Å². The molecule has 6 heteroatoms. The Bertz CT molecular complexity index is 3200. The molecule has 0 spiro atoms. The van der Waals surface area contributed by atoms with E-state index < -0.39 is 0 Å². The monoisotopic (exact) mass is 691 g/mol. The third kappa shape index (κ3) is 4.81. The lowest BCUT2D eigenvalue weighted by molar-refractivity contribution is 0.672. The first kappa shape index (κ1) is 30.2. The summed E-state index contributed by atoms with van der Waals surface area (Å²) < 4.78 is 8.97. The van der Waals surface area contributed by atoms with Crippen LogP contribution in [-0.4, -0.2) is 24.5 Å². The number of fused-ring (bicyclic) bond motifs is 8. The number of aromatic nitrogens is 5. The van der Waals surface area contributed by atoms with Gasteiger partial charge in [-0.1, -0.05) is 146 Å². The van der Waals surface area contributed by atoms with Gasteiger partial charge in [0.05, 0.1) is 22.0 Å². The largest absolute Gasteiger partial charge is 0.455 e. The van der Waals surface area contributed by atoms with E-state index in [1.54, 1.807) is 0 Å². The van der Waals surface area contributed by atoms with Gasteiger partial charge in [0.15, 0.2) is 17.5 Å². The van der Waals surface area contributed by atoms with E-state index in [1.807, 2.05) is 48.5 Å².